The highest BCUT2D eigenvalue weighted by Crippen LogP contribution is 2.28. The van der Waals surface area contributed by atoms with Gasteiger partial charge in [-0.25, -0.2) is 4.68 Å². The molecule has 0 aliphatic carbocycles. The highest BCUT2D eigenvalue weighted by atomic mass is 79.9. The highest BCUT2D eigenvalue weighted by molar-refractivity contribution is 9.10. The third-order valence-electron chi connectivity index (χ3n) is 2.92. The third-order valence-corrected chi connectivity index (χ3v) is 4.10. The second-order valence-electron chi connectivity index (χ2n) is 4.73. The molecule has 2 aromatic rings. The lowest BCUT2D eigenvalue weighted by Crippen LogP contribution is -2.03. The van der Waals surface area contributed by atoms with Crippen LogP contribution in [0.5, 0.6) is 0 Å². The fourth-order valence-electron chi connectivity index (χ4n) is 2.00. The monoisotopic (exact) mass is 360 g/mol. The van der Waals surface area contributed by atoms with Gasteiger partial charge in [-0.15, -0.1) is 11.6 Å². The molecule has 2 nitrogen and oxygen atoms in total. The number of rotatable bonds is 4. The molecule has 1 aromatic heterocycles. The maximum Gasteiger partial charge on any atom is 0.132 e. The van der Waals surface area contributed by atoms with Gasteiger partial charge in [-0.2, -0.15) is 5.10 Å². The summed E-state index contributed by atoms with van der Waals surface area (Å²) in [6.07, 6.45) is 0. The van der Waals surface area contributed by atoms with Gasteiger partial charge in [0.1, 0.15) is 5.15 Å². The Morgan fingerprint density at radius 2 is 2.11 bits per heavy atom. The summed E-state index contributed by atoms with van der Waals surface area (Å²) in [6.45, 7) is 4.84. The van der Waals surface area contributed by atoms with Crippen LogP contribution in [0.25, 0.3) is 0 Å². The molecular formula is C14H15BrCl2N2. The van der Waals surface area contributed by atoms with Crippen LogP contribution in [0.3, 0.4) is 0 Å². The molecule has 0 bridgehead atoms. The fourth-order valence-corrected chi connectivity index (χ4v) is 3.04. The molecule has 0 fully saturated rings. The number of aromatic nitrogens is 2. The Morgan fingerprint density at radius 3 is 2.63 bits per heavy atom. The first-order valence-electron chi connectivity index (χ1n) is 6.08. The minimum atomic E-state index is 0.315. The molecular weight excluding hydrogens is 347 g/mol. The predicted molar refractivity (Wildman–Crippen MR) is 84.1 cm³/mol. The van der Waals surface area contributed by atoms with Gasteiger partial charge in [0.25, 0.3) is 0 Å². The molecule has 5 heteroatoms. The van der Waals surface area contributed by atoms with Crippen molar-refractivity contribution in [3.63, 3.8) is 0 Å². The maximum atomic E-state index is 6.37. The van der Waals surface area contributed by atoms with Gasteiger partial charge in [-0.05, 0) is 23.6 Å². The number of hydrogen-bond acceptors (Lipinski definition) is 1. The van der Waals surface area contributed by atoms with Crippen LogP contribution in [0.2, 0.25) is 5.15 Å². The third kappa shape index (κ3) is 3.33. The van der Waals surface area contributed by atoms with Gasteiger partial charge in [-0.3, -0.25) is 0 Å². The molecule has 0 saturated heterocycles. The van der Waals surface area contributed by atoms with Crippen molar-refractivity contribution < 1.29 is 0 Å². The summed E-state index contributed by atoms with van der Waals surface area (Å²) in [5.74, 6) is 0.709. The molecule has 0 spiro atoms. The van der Waals surface area contributed by atoms with E-state index in [1.54, 1.807) is 0 Å². The number of alkyl halides is 1. The molecule has 0 N–H and O–H groups in total. The molecule has 2 rings (SSSR count). The molecule has 0 atom stereocenters. The van der Waals surface area contributed by atoms with Crippen molar-refractivity contribution in [3.05, 3.63) is 50.7 Å². The number of nitrogens with zero attached hydrogens (tertiary/aromatic N) is 2. The van der Waals surface area contributed by atoms with Gasteiger partial charge >= 0.3 is 0 Å². The zero-order chi connectivity index (χ0) is 14.0. The van der Waals surface area contributed by atoms with Crippen LogP contribution < -0.4 is 0 Å². The Balaban J connectivity index is 2.35. The smallest absolute Gasteiger partial charge is 0.132 e. The van der Waals surface area contributed by atoms with Crippen LogP contribution in [-0.2, 0) is 12.4 Å². The van der Waals surface area contributed by atoms with E-state index in [9.17, 15) is 0 Å². The molecule has 102 valence electrons. The first-order chi connectivity index (χ1) is 9.02. The molecule has 19 heavy (non-hydrogen) atoms. The normalized spacial score (nSPS) is 11.3. The summed E-state index contributed by atoms with van der Waals surface area (Å²) in [6, 6.07) is 8.12. The Bertz CT molecular complexity index is 579. The van der Waals surface area contributed by atoms with Crippen molar-refractivity contribution in [1.82, 2.24) is 9.78 Å². The zero-order valence-electron chi connectivity index (χ0n) is 10.8. The Kier molecular flexibility index (Phi) is 4.93. The van der Waals surface area contributed by atoms with Crippen LogP contribution in [0.15, 0.2) is 28.7 Å². The molecule has 0 aliphatic heterocycles. The Morgan fingerprint density at radius 1 is 1.37 bits per heavy atom. The van der Waals surface area contributed by atoms with E-state index in [1.165, 1.54) is 0 Å². The van der Waals surface area contributed by atoms with Gasteiger partial charge in [0.2, 0.25) is 0 Å². The predicted octanol–water partition coefficient (Wildman–Crippen LogP) is 5.21. The van der Waals surface area contributed by atoms with E-state index < -0.39 is 0 Å². The number of hydrogen-bond donors (Lipinski definition) is 0. The number of halogens is 3. The summed E-state index contributed by atoms with van der Waals surface area (Å²) < 4.78 is 2.87. The van der Waals surface area contributed by atoms with E-state index in [-0.39, 0.29) is 0 Å². The summed E-state index contributed by atoms with van der Waals surface area (Å²) in [7, 11) is 0. The average molecular weight is 362 g/mol. The largest absolute Gasteiger partial charge is 0.249 e. The maximum absolute atomic E-state index is 6.37. The van der Waals surface area contributed by atoms with Crippen LogP contribution in [0.1, 0.15) is 36.6 Å². The van der Waals surface area contributed by atoms with Gasteiger partial charge in [0.15, 0.2) is 0 Å². The molecule has 0 saturated carbocycles. The van der Waals surface area contributed by atoms with Gasteiger partial charge in [-0.1, -0.05) is 53.5 Å². The lowest BCUT2D eigenvalue weighted by Gasteiger charge is -2.04. The van der Waals surface area contributed by atoms with Gasteiger partial charge in [0, 0.05) is 10.0 Å². The van der Waals surface area contributed by atoms with E-state index >= 15 is 0 Å². The Hall–Kier alpha value is -0.510. The first kappa shape index (κ1) is 14.9. The summed E-state index contributed by atoms with van der Waals surface area (Å²) in [5.41, 5.74) is 3.07. The van der Waals surface area contributed by atoms with Crippen molar-refractivity contribution in [3.8, 4) is 0 Å². The zero-order valence-corrected chi connectivity index (χ0v) is 13.9. The van der Waals surface area contributed by atoms with Crippen molar-refractivity contribution in [1.29, 1.82) is 0 Å². The minimum Gasteiger partial charge on any atom is -0.249 e. The quantitative estimate of drug-likeness (QED) is 0.683. The first-order valence-corrected chi connectivity index (χ1v) is 7.79. The van der Waals surface area contributed by atoms with Gasteiger partial charge in [0.05, 0.1) is 18.1 Å². The van der Waals surface area contributed by atoms with Crippen LogP contribution in [-0.4, -0.2) is 9.78 Å². The fraction of sp³-hybridized carbons (Fsp3) is 0.357. The van der Waals surface area contributed by atoms with E-state index in [0.717, 1.165) is 21.3 Å². The van der Waals surface area contributed by atoms with E-state index in [4.69, 9.17) is 23.2 Å². The SMILES string of the molecule is CC(C)c1nn(Cc2cccc(Br)c2)c(Cl)c1CCl. The van der Waals surface area contributed by atoms with Crippen LogP contribution in [0.4, 0.5) is 0 Å². The molecule has 1 aromatic carbocycles. The van der Waals surface area contributed by atoms with Crippen molar-refractivity contribution in [2.24, 2.45) is 0 Å². The van der Waals surface area contributed by atoms with Gasteiger partial charge < -0.3 is 0 Å². The topological polar surface area (TPSA) is 17.8 Å². The van der Waals surface area contributed by atoms with Crippen LogP contribution >= 0.6 is 39.1 Å². The Labute approximate surface area is 131 Å². The molecule has 0 unspecified atom stereocenters. The second-order valence-corrected chi connectivity index (χ2v) is 6.27. The molecule has 1 heterocycles. The van der Waals surface area contributed by atoms with Crippen molar-refractivity contribution in [2.75, 3.05) is 0 Å². The van der Waals surface area contributed by atoms with Crippen molar-refractivity contribution >= 4 is 39.1 Å². The van der Waals surface area contributed by atoms with Crippen molar-refractivity contribution in [2.45, 2.75) is 32.2 Å². The summed E-state index contributed by atoms with van der Waals surface area (Å²) in [5, 5.41) is 5.23. The minimum absolute atomic E-state index is 0.315. The average Bonchev–Trinajstić information content (AvgIpc) is 2.66. The lowest BCUT2D eigenvalue weighted by molar-refractivity contribution is 0.657. The molecule has 0 radical (unpaired) electrons. The molecule has 0 amide bonds. The van der Waals surface area contributed by atoms with Crippen LogP contribution in [0, 0.1) is 0 Å². The summed E-state index contributed by atoms with van der Waals surface area (Å²) in [4.78, 5) is 0. The van der Waals surface area contributed by atoms with E-state index in [2.05, 4.69) is 47.0 Å². The summed E-state index contributed by atoms with van der Waals surface area (Å²) >= 11 is 15.8. The standard InChI is InChI=1S/C14H15BrCl2N2/c1-9(2)13-12(7-16)14(17)19(18-13)8-10-4-3-5-11(15)6-10/h3-6,9H,7-8H2,1-2H3. The second kappa shape index (κ2) is 6.29. The van der Waals surface area contributed by atoms with E-state index in [0.29, 0.717) is 23.5 Å². The van der Waals surface area contributed by atoms with E-state index in [1.807, 2.05) is 16.8 Å². The molecule has 0 aliphatic rings. The lowest BCUT2D eigenvalue weighted by atomic mass is 10.1. The number of benzene rings is 1. The highest BCUT2D eigenvalue weighted by Gasteiger charge is 2.17.